The molecule has 0 bridgehead atoms. The summed E-state index contributed by atoms with van der Waals surface area (Å²) in [6.45, 7) is -2.49. The van der Waals surface area contributed by atoms with Gasteiger partial charge in [-0.2, -0.15) is 14.0 Å². The number of nitriles is 1. The summed E-state index contributed by atoms with van der Waals surface area (Å²) in [5, 5.41) is 12.2. The van der Waals surface area contributed by atoms with E-state index in [0.717, 1.165) is 5.56 Å². The number of nitrogens with one attached hydrogen (secondary N) is 1. The van der Waals surface area contributed by atoms with Crippen LogP contribution in [0.1, 0.15) is 11.1 Å². The third-order valence-corrected chi connectivity index (χ3v) is 3.06. The molecule has 0 amide bonds. The van der Waals surface area contributed by atoms with Gasteiger partial charge in [0.05, 0.1) is 16.7 Å². The van der Waals surface area contributed by atoms with Crippen molar-refractivity contribution in [1.82, 2.24) is 0 Å². The molecule has 1 N–H and O–H groups in total. The fraction of sp³-hybridized carbons (Fsp3) is 0.133. The molecule has 6 heteroatoms. The van der Waals surface area contributed by atoms with Crippen LogP contribution in [-0.4, -0.2) is 6.61 Å². The van der Waals surface area contributed by atoms with Gasteiger partial charge in [-0.25, -0.2) is 0 Å². The second-order valence-electron chi connectivity index (χ2n) is 4.15. The summed E-state index contributed by atoms with van der Waals surface area (Å²) in [5.74, 6) is -0.0744. The zero-order chi connectivity index (χ0) is 15.2. The van der Waals surface area contributed by atoms with Crippen LogP contribution >= 0.6 is 11.6 Å². The third-order valence-electron chi connectivity index (χ3n) is 2.77. The number of alkyl halides is 2. The number of ether oxygens (including phenoxy) is 1. The molecule has 3 nitrogen and oxygen atoms in total. The molecule has 0 saturated carbocycles. The van der Waals surface area contributed by atoms with Crippen molar-refractivity contribution in [3.8, 4) is 11.8 Å². The van der Waals surface area contributed by atoms with E-state index in [0.29, 0.717) is 17.8 Å². The number of hydrogen-bond acceptors (Lipinski definition) is 3. The molecule has 0 aliphatic rings. The van der Waals surface area contributed by atoms with Crippen molar-refractivity contribution in [1.29, 1.82) is 5.26 Å². The Morgan fingerprint density at radius 2 is 2.00 bits per heavy atom. The number of anilines is 1. The topological polar surface area (TPSA) is 45.0 Å². The Morgan fingerprint density at radius 1 is 1.24 bits per heavy atom. The Hall–Kier alpha value is -2.32. The quantitative estimate of drug-likeness (QED) is 0.889. The van der Waals surface area contributed by atoms with Crippen LogP contribution in [0.4, 0.5) is 14.5 Å². The van der Waals surface area contributed by atoms with Gasteiger partial charge in [0.2, 0.25) is 0 Å². The lowest BCUT2D eigenvalue weighted by molar-refractivity contribution is -0.0497. The van der Waals surface area contributed by atoms with Crippen LogP contribution in [0.15, 0.2) is 42.5 Å². The van der Waals surface area contributed by atoms with Crippen LogP contribution in [0, 0.1) is 11.3 Å². The van der Waals surface area contributed by atoms with Crippen LogP contribution in [0.3, 0.4) is 0 Å². The fourth-order valence-electron chi connectivity index (χ4n) is 1.78. The van der Waals surface area contributed by atoms with E-state index in [4.69, 9.17) is 16.9 Å². The van der Waals surface area contributed by atoms with Crippen LogP contribution in [0.5, 0.6) is 5.75 Å². The Labute approximate surface area is 125 Å². The first-order chi connectivity index (χ1) is 10.1. The van der Waals surface area contributed by atoms with Gasteiger partial charge >= 0.3 is 6.61 Å². The summed E-state index contributed by atoms with van der Waals surface area (Å²) in [7, 11) is 0. The number of halogens is 3. The maximum atomic E-state index is 12.1. The van der Waals surface area contributed by atoms with E-state index in [9.17, 15) is 8.78 Å². The normalized spacial score (nSPS) is 10.2. The Bertz CT molecular complexity index is 671. The van der Waals surface area contributed by atoms with Crippen molar-refractivity contribution in [2.75, 3.05) is 5.32 Å². The van der Waals surface area contributed by atoms with Crippen molar-refractivity contribution in [3.05, 3.63) is 58.6 Å². The van der Waals surface area contributed by atoms with E-state index in [1.165, 1.54) is 12.1 Å². The van der Waals surface area contributed by atoms with E-state index in [2.05, 4.69) is 16.1 Å². The van der Waals surface area contributed by atoms with E-state index in [1.807, 2.05) is 12.1 Å². The first-order valence-corrected chi connectivity index (χ1v) is 6.44. The lowest BCUT2D eigenvalue weighted by atomic mass is 10.1. The first kappa shape index (κ1) is 15.1. The monoisotopic (exact) mass is 308 g/mol. The van der Waals surface area contributed by atoms with Crippen molar-refractivity contribution in [2.45, 2.75) is 13.2 Å². The highest BCUT2D eigenvalue weighted by Crippen LogP contribution is 2.29. The summed E-state index contributed by atoms with van der Waals surface area (Å²) < 4.78 is 28.5. The molecular weight excluding hydrogens is 298 g/mol. The van der Waals surface area contributed by atoms with Crippen LogP contribution in [0.25, 0.3) is 0 Å². The van der Waals surface area contributed by atoms with E-state index in [-0.39, 0.29) is 10.8 Å². The van der Waals surface area contributed by atoms with Crippen molar-refractivity contribution >= 4 is 17.3 Å². The summed E-state index contributed by atoms with van der Waals surface area (Å²) in [6, 6.07) is 13.7. The third kappa shape index (κ3) is 4.07. The molecule has 0 aliphatic heterocycles. The smallest absolute Gasteiger partial charge is 0.387 e. The molecule has 2 aromatic carbocycles. The van der Waals surface area contributed by atoms with Gasteiger partial charge in [0.25, 0.3) is 0 Å². The second-order valence-corrected chi connectivity index (χ2v) is 4.55. The Kier molecular flexibility index (Phi) is 4.96. The highest BCUT2D eigenvalue weighted by atomic mass is 35.5. The van der Waals surface area contributed by atoms with Gasteiger partial charge < -0.3 is 10.1 Å². The molecule has 108 valence electrons. The van der Waals surface area contributed by atoms with E-state index < -0.39 is 6.61 Å². The summed E-state index contributed by atoms with van der Waals surface area (Å²) in [6.07, 6.45) is 0. The highest BCUT2D eigenvalue weighted by Gasteiger charge is 2.09. The maximum Gasteiger partial charge on any atom is 0.387 e. The Morgan fingerprint density at radius 3 is 2.67 bits per heavy atom. The van der Waals surface area contributed by atoms with Gasteiger partial charge in [-0.15, -0.1) is 0 Å². The Balaban J connectivity index is 2.07. The largest absolute Gasteiger partial charge is 0.433 e. The number of nitrogens with zero attached hydrogens (tertiary/aromatic N) is 1. The molecule has 0 spiro atoms. The average molecular weight is 309 g/mol. The van der Waals surface area contributed by atoms with Gasteiger partial charge in [0.1, 0.15) is 5.75 Å². The molecule has 2 aromatic rings. The zero-order valence-corrected chi connectivity index (χ0v) is 11.6. The SMILES string of the molecule is N#Cc1ccccc1CNc1ccc(OC(F)F)c(Cl)c1. The molecule has 0 unspecified atom stereocenters. The van der Waals surface area contributed by atoms with Crippen molar-refractivity contribution < 1.29 is 13.5 Å². The predicted octanol–water partition coefficient (Wildman–Crippen LogP) is 4.43. The number of rotatable bonds is 5. The minimum Gasteiger partial charge on any atom is -0.433 e. The summed E-state index contributed by atoms with van der Waals surface area (Å²) >= 11 is 5.86. The van der Waals surface area contributed by atoms with E-state index in [1.54, 1.807) is 18.2 Å². The highest BCUT2D eigenvalue weighted by molar-refractivity contribution is 6.32. The van der Waals surface area contributed by atoms with Crippen molar-refractivity contribution in [2.24, 2.45) is 0 Å². The molecule has 0 aromatic heterocycles. The molecule has 21 heavy (non-hydrogen) atoms. The lowest BCUT2D eigenvalue weighted by Crippen LogP contribution is -2.04. The average Bonchev–Trinajstić information content (AvgIpc) is 2.47. The van der Waals surface area contributed by atoms with Gasteiger partial charge in [0, 0.05) is 12.2 Å². The summed E-state index contributed by atoms with van der Waals surface area (Å²) in [5.41, 5.74) is 2.06. The van der Waals surface area contributed by atoms with E-state index >= 15 is 0 Å². The fourth-order valence-corrected chi connectivity index (χ4v) is 2.01. The number of hydrogen-bond donors (Lipinski definition) is 1. The molecule has 0 aliphatic carbocycles. The van der Waals surface area contributed by atoms with Gasteiger partial charge in [0.15, 0.2) is 0 Å². The molecule has 0 saturated heterocycles. The molecule has 0 fully saturated rings. The maximum absolute atomic E-state index is 12.1. The molecule has 2 rings (SSSR count). The molecular formula is C15H11ClF2N2O. The molecule has 0 atom stereocenters. The van der Waals surface area contributed by atoms with Crippen LogP contribution in [-0.2, 0) is 6.54 Å². The summed E-state index contributed by atoms with van der Waals surface area (Å²) in [4.78, 5) is 0. The zero-order valence-electron chi connectivity index (χ0n) is 10.8. The van der Waals surface area contributed by atoms with Crippen LogP contribution in [0.2, 0.25) is 5.02 Å². The first-order valence-electron chi connectivity index (χ1n) is 6.06. The van der Waals surface area contributed by atoms with Gasteiger partial charge in [-0.3, -0.25) is 0 Å². The molecule has 0 radical (unpaired) electrons. The van der Waals surface area contributed by atoms with Gasteiger partial charge in [-0.1, -0.05) is 29.8 Å². The second kappa shape index (κ2) is 6.91. The van der Waals surface area contributed by atoms with Crippen LogP contribution < -0.4 is 10.1 Å². The van der Waals surface area contributed by atoms with Crippen molar-refractivity contribution in [3.63, 3.8) is 0 Å². The minimum atomic E-state index is -2.91. The minimum absolute atomic E-state index is 0.0744. The predicted molar refractivity (Wildman–Crippen MR) is 76.6 cm³/mol. The standard InChI is InChI=1S/C15H11ClF2N2O/c16-13-7-12(5-6-14(13)21-15(17)18)20-9-11-4-2-1-3-10(11)8-19/h1-7,15,20H,9H2. The number of benzene rings is 2. The lowest BCUT2D eigenvalue weighted by Gasteiger charge is -2.11. The molecule has 0 heterocycles. The van der Waals surface area contributed by atoms with Gasteiger partial charge in [-0.05, 0) is 29.8 Å².